The van der Waals surface area contributed by atoms with Gasteiger partial charge in [0.05, 0.1) is 0 Å². The average Bonchev–Trinajstić information content (AvgIpc) is 3.15. The molecule has 1 amide bonds. The summed E-state index contributed by atoms with van der Waals surface area (Å²) in [5.41, 5.74) is 3.21. The highest BCUT2D eigenvalue weighted by atomic mass is 16.5. The van der Waals surface area contributed by atoms with Gasteiger partial charge in [0, 0.05) is 30.5 Å². The highest BCUT2D eigenvalue weighted by Gasteiger charge is 2.18. The van der Waals surface area contributed by atoms with Gasteiger partial charge in [-0.3, -0.25) is 4.79 Å². The lowest BCUT2D eigenvalue weighted by molar-refractivity contribution is -0.123. The number of carbonyl (C=O) groups is 1. The maximum atomic E-state index is 12.2. The van der Waals surface area contributed by atoms with Crippen molar-refractivity contribution in [2.75, 3.05) is 33.9 Å². The van der Waals surface area contributed by atoms with E-state index < -0.39 is 0 Å². The van der Waals surface area contributed by atoms with E-state index in [0.29, 0.717) is 18.9 Å². The van der Waals surface area contributed by atoms with Crippen LogP contribution < -0.4 is 14.8 Å². The van der Waals surface area contributed by atoms with Crippen LogP contribution in [0.1, 0.15) is 29.7 Å². The number of amides is 1. The van der Waals surface area contributed by atoms with Gasteiger partial charge < -0.3 is 24.1 Å². The predicted molar refractivity (Wildman–Crippen MR) is 121 cm³/mol. The Morgan fingerprint density at radius 2 is 1.81 bits per heavy atom. The third-order valence-electron chi connectivity index (χ3n) is 5.52. The van der Waals surface area contributed by atoms with Gasteiger partial charge in [0.2, 0.25) is 0 Å². The summed E-state index contributed by atoms with van der Waals surface area (Å²) in [5, 5.41) is 4.01. The van der Waals surface area contributed by atoms with Crippen molar-refractivity contribution in [3.63, 3.8) is 0 Å². The van der Waals surface area contributed by atoms with Gasteiger partial charge >= 0.3 is 0 Å². The first-order valence-electron chi connectivity index (χ1n) is 10.9. The molecule has 0 saturated heterocycles. The molecule has 3 aromatic rings. The first kappa shape index (κ1) is 21.2. The number of nitrogens with zero attached hydrogens (tertiary/aromatic N) is 1. The fraction of sp³-hybridized carbons (Fsp3) is 0.400. The maximum absolute atomic E-state index is 12.2. The van der Waals surface area contributed by atoms with Crippen LogP contribution in [0.2, 0.25) is 0 Å². The van der Waals surface area contributed by atoms with Gasteiger partial charge in [-0.15, -0.1) is 0 Å². The molecule has 4 rings (SSSR count). The van der Waals surface area contributed by atoms with E-state index in [-0.39, 0.29) is 12.5 Å². The van der Waals surface area contributed by atoms with Crippen LogP contribution in [0.4, 0.5) is 0 Å². The predicted octanol–water partition coefficient (Wildman–Crippen LogP) is 3.95. The number of likely N-dealkylation sites (N-methyl/N-ethyl adjacent to an activating group) is 1. The van der Waals surface area contributed by atoms with E-state index >= 15 is 0 Å². The molecule has 0 aliphatic heterocycles. The van der Waals surface area contributed by atoms with Crippen molar-refractivity contribution in [2.45, 2.75) is 32.2 Å². The first-order chi connectivity index (χ1) is 15.1. The zero-order valence-electron chi connectivity index (χ0n) is 18.3. The molecule has 1 aromatic heterocycles. The van der Waals surface area contributed by atoms with Crippen LogP contribution in [0, 0.1) is 0 Å². The minimum absolute atomic E-state index is 0.0166. The molecule has 0 bridgehead atoms. The highest BCUT2D eigenvalue weighted by molar-refractivity contribution is 5.84. The first-order valence-corrected chi connectivity index (χ1v) is 10.9. The van der Waals surface area contributed by atoms with Crippen LogP contribution in [0.5, 0.6) is 11.5 Å². The van der Waals surface area contributed by atoms with E-state index in [1.807, 2.05) is 56.6 Å². The Balaban J connectivity index is 1.25. The molecule has 164 valence electrons. The molecule has 31 heavy (non-hydrogen) atoms. The van der Waals surface area contributed by atoms with Crippen LogP contribution in [0.15, 0.2) is 46.9 Å². The van der Waals surface area contributed by atoms with Gasteiger partial charge in [0.1, 0.15) is 29.4 Å². The zero-order valence-corrected chi connectivity index (χ0v) is 18.3. The molecule has 1 aliphatic carbocycles. The second-order valence-electron chi connectivity index (χ2n) is 8.23. The minimum atomic E-state index is -0.152. The van der Waals surface area contributed by atoms with E-state index in [1.54, 1.807) is 0 Å². The van der Waals surface area contributed by atoms with Crippen molar-refractivity contribution in [3.8, 4) is 11.5 Å². The standard InChI is InChI=1S/C25H30N2O4/c1-27(2)13-14-29-19-9-7-18(8-10-19)16-26-25(28)17-30-20-11-12-24-22(15-20)21-5-3-4-6-23(21)31-24/h7-12,15H,3-6,13-14,16-17H2,1-2H3,(H,26,28). The van der Waals surface area contributed by atoms with Crippen molar-refractivity contribution in [2.24, 2.45) is 0 Å². The Morgan fingerprint density at radius 3 is 2.61 bits per heavy atom. The van der Waals surface area contributed by atoms with Gasteiger partial charge in [-0.1, -0.05) is 12.1 Å². The largest absolute Gasteiger partial charge is 0.492 e. The monoisotopic (exact) mass is 422 g/mol. The van der Waals surface area contributed by atoms with Crippen molar-refractivity contribution >= 4 is 16.9 Å². The molecule has 2 aromatic carbocycles. The number of carbonyl (C=O) groups excluding carboxylic acids is 1. The number of benzene rings is 2. The summed E-state index contributed by atoms with van der Waals surface area (Å²) in [6.07, 6.45) is 4.43. The molecule has 6 heteroatoms. The number of fused-ring (bicyclic) bond motifs is 3. The highest BCUT2D eigenvalue weighted by Crippen LogP contribution is 2.33. The van der Waals surface area contributed by atoms with E-state index in [4.69, 9.17) is 13.9 Å². The fourth-order valence-corrected chi connectivity index (χ4v) is 3.78. The molecule has 0 atom stereocenters. The lowest BCUT2D eigenvalue weighted by Crippen LogP contribution is -2.28. The second-order valence-corrected chi connectivity index (χ2v) is 8.23. The van der Waals surface area contributed by atoms with Gasteiger partial charge in [0.25, 0.3) is 5.91 Å². The molecular weight excluding hydrogens is 392 g/mol. The summed E-state index contributed by atoms with van der Waals surface area (Å²) in [7, 11) is 4.03. The average molecular weight is 423 g/mol. The molecule has 1 heterocycles. The van der Waals surface area contributed by atoms with E-state index in [0.717, 1.165) is 47.4 Å². The van der Waals surface area contributed by atoms with Gasteiger partial charge in [-0.05, 0) is 69.3 Å². The molecule has 0 fully saturated rings. The van der Waals surface area contributed by atoms with Crippen LogP contribution in [-0.2, 0) is 24.2 Å². The van der Waals surface area contributed by atoms with Crippen LogP contribution in [0.25, 0.3) is 11.0 Å². The summed E-state index contributed by atoms with van der Waals surface area (Å²) in [6.45, 7) is 1.95. The Bertz CT molecular complexity index is 1020. The Labute approximate surface area is 183 Å². The molecule has 1 N–H and O–H groups in total. The zero-order chi connectivity index (χ0) is 21.6. The Hall–Kier alpha value is -2.99. The van der Waals surface area contributed by atoms with Crippen molar-refractivity contribution in [1.29, 1.82) is 0 Å². The van der Waals surface area contributed by atoms with E-state index in [9.17, 15) is 4.79 Å². The minimum Gasteiger partial charge on any atom is -0.492 e. The third kappa shape index (κ3) is 5.58. The summed E-state index contributed by atoms with van der Waals surface area (Å²) in [4.78, 5) is 14.3. The Kier molecular flexibility index (Phi) is 6.77. The van der Waals surface area contributed by atoms with Gasteiger partial charge in [-0.25, -0.2) is 0 Å². The molecule has 0 unspecified atom stereocenters. The summed E-state index contributed by atoms with van der Waals surface area (Å²) in [5.74, 6) is 2.47. The number of rotatable bonds is 9. The van der Waals surface area contributed by atoms with Crippen LogP contribution in [0.3, 0.4) is 0 Å². The number of furan rings is 1. The summed E-state index contributed by atoms with van der Waals surface area (Å²) >= 11 is 0. The normalized spacial score (nSPS) is 13.3. The van der Waals surface area contributed by atoms with E-state index in [2.05, 4.69) is 10.2 Å². The molecule has 0 saturated carbocycles. The smallest absolute Gasteiger partial charge is 0.258 e. The molecule has 0 radical (unpaired) electrons. The Morgan fingerprint density at radius 1 is 1.03 bits per heavy atom. The van der Waals surface area contributed by atoms with Crippen LogP contribution >= 0.6 is 0 Å². The third-order valence-corrected chi connectivity index (χ3v) is 5.52. The SMILES string of the molecule is CN(C)CCOc1ccc(CNC(=O)COc2ccc3oc4c(c3c2)CCCC4)cc1. The van der Waals surface area contributed by atoms with Gasteiger partial charge in [-0.2, -0.15) is 0 Å². The molecule has 6 nitrogen and oxygen atoms in total. The topological polar surface area (TPSA) is 63.9 Å². The fourth-order valence-electron chi connectivity index (χ4n) is 3.78. The number of ether oxygens (including phenoxy) is 2. The number of aryl methyl sites for hydroxylation is 2. The van der Waals surface area contributed by atoms with Gasteiger partial charge in [0.15, 0.2) is 6.61 Å². The second kappa shape index (κ2) is 9.88. The van der Waals surface area contributed by atoms with Crippen LogP contribution in [-0.4, -0.2) is 44.7 Å². The van der Waals surface area contributed by atoms with E-state index in [1.165, 1.54) is 18.4 Å². The molecule has 0 spiro atoms. The summed E-state index contributed by atoms with van der Waals surface area (Å²) < 4.78 is 17.4. The lowest BCUT2D eigenvalue weighted by Gasteiger charge is -2.11. The maximum Gasteiger partial charge on any atom is 0.258 e. The van der Waals surface area contributed by atoms with Crippen molar-refractivity contribution < 1.29 is 18.7 Å². The van der Waals surface area contributed by atoms with Crippen molar-refractivity contribution in [3.05, 3.63) is 59.4 Å². The number of hydrogen-bond acceptors (Lipinski definition) is 5. The molecule has 1 aliphatic rings. The van der Waals surface area contributed by atoms with Crippen molar-refractivity contribution in [1.82, 2.24) is 10.2 Å². The number of nitrogens with one attached hydrogen (secondary N) is 1. The summed E-state index contributed by atoms with van der Waals surface area (Å²) in [6, 6.07) is 13.6. The lowest BCUT2D eigenvalue weighted by atomic mass is 9.96. The number of hydrogen-bond donors (Lipinski definition) is 1. The molecular formula is C25H30N2O4. The quantitative estimate of drug-likeness (QED) is 0.566.